The SMILES string of the molecule is CCCCCCCCCCC(CCCCCCCC)CCOC(=O)COCCOCCOC.CCCCCCCCCCC(CCO)CCCCCCCC.COCCOCCOCC(=O)O. The van der Waals surface area contributed by atoms with Crippen molar-refractivity contribution in [2.24, 2.45) is 11.8 Å². The zero-order valence-electron chi connectivity index (χ0n) is 45.3. The summed E-state index contributed by atoms with van der Waals surface area (Å²) in [5.74, 6) is 0.236. The molecule has 0 saturated carbocycles. The minimum Gasteiger partial charge on any atom is -0.480 e. The van der Waals surface area contributed by atoms with E-state index < -0.39 is 5.97 Å². The number of aliphatic hydroxyl groups excluding tert-OH is 1. The van der Waals surface area contributed by atoms with Crippen LogP contribution in [0.15, 0.2) is 0 Å². The molecule has 0 aliphatic rings. The smallest absolute Gasteiger partial charge is 0.332 e. The predicted octanol–water partition coefficient (Wildman–Crippen LogP) is 14.5. The predicted molar refractivity (Wildman–Crippen MR) is 279 cm³/mol. The lowest BCUT2D eigenvalue weighted by Gasteiger charge is -2.17. The largest absolute Gasteiger partial charge is 0.480 e. The van der Waals surface area contributed by atoms with E-state index in [1.54, 1.807) is 14.2 Å². The molecule has 0 aromatic carbocycles. The maximum atomic E-state index is 11.9. The van der Waals surface area contributed by atoms with Crippen molar-refractivity contribution in [3.8, 4) is 0 Å². The van der Waals surface area contributed by atoms with Crippen LogP contribution in [0.2, 0.25) is 0 Å². The number of esters is 1. The average Bonchev–Trinajstić information content (AvgIpc) is 3.32. The summed E-state index contributed by atoms with van der Waals surface area (Å²) in [5.41, 5.74) is 0. The number of carbonyl (C=O) groups is 2. The first kappa shape index (κ1) is 69.9. The summed E-state index contributed by atoms with van der Waals surface area (Å²) in [4.78, 5) is 21.9. The van der Waals surface area contributed by atoms with Crippen LogP contribution < -0.4 is 0 Å². The Hall–Kier alpha value is -1.34. The Morgan fingerprint density at radius 1 is 0.358 bits per heavy atom. The third-order valence-corrected chi connectivity index (χ3v) is 12.2. The highest BCUT2D eigenvalue weighted by molar-refractivity contribution is 5.70. The fraction of sp³-hybridized carbons (Fsp3) is 0.964. The van der Waals surface area contributed by atoms with Gasteiger partial charge in [-0.2, -0.15) is 0 Å². The fourth-order valence-electron chi connectivity index (χ4n) is 8.03. The molecule has 404 valence electrons. The second kappa shape index (κ2) is 64.7. The van der Waals surface area contributed by atoms with E-state index in [4.69, 9.17) is 38.3 Å². The molecule has 0 radical (unpaired) electrons. The number of carboxylic acid groups (broad SMARTS) is 1. The van der Waals surface area contributed by atoms with E-state index in [1.165, 1.54) is 205 Å². The number of hydrogen-bond donors (Lipinski definition) is 2. The Morgan fingerprint density at radius 3 is 0.985 bits per heavy atom. The van der Waals surface area contributed by atoms with Crippen LogP contribution in [0.5, 0.6) is 0 Å². The Morgan fingerprint density at radius 2 is 0.657 bits per heavy atom. The average molecular weight is 964 g/mol. The molecule has 0 saturated heterocycles. The van der Waals surface area contributed by atoms with Gasteiger partial charge in [-0.1, -0.05) is 233 Å². The van der Waals surface area contributed by atoms with Gasteiger partial charge < -0.3 is 43.4 Å². The van der Waals surface area contributed by atoms with Gasteiger partial charge in [0.15, 0.2) is 0 Å². The summed E-state index contributed by atoms with van der Waals surface area (Å²) < 4.78 is 35.4. The second-order valence-electron chi connectivity index (χ2n) is 18.6. The molecule has 0 bridgehead atoms. The molecule has 0 aromatic rings. The molecule has 2 unspecified atom stereocenters. The van der Waals surface area contributed by atoms with Crippen molar-refractivity contribution >= 4 is 11.9 Å². The minimum atomic E-state index is -0.966. The third-order valence-electron chi connectivity index (χ3n) is 12.2. The Kier molecular flexibility index (Phi) is 67.5. The Labute approximate surface area is 415 Å². The van der Waals surface area contributed by atoms with Crippen LogP contribution in [0.3, 0.4) is 0 Å². The van der Waals surface area contributed by atoms with Gasteiger partial charge >= 0.3 is 11.9 Å². The highest BCUT2D eigenvalue weighted by atomic mass is 16.6. The highest BCUT2D eigenvalue weighted by Crippen LogP contribution is 2.24. The Balaban J connectivity index is -0.00000103. The Bertz CT molecular complexity index is 908. The van der Waals surface area contributed by atoms with Crippen LogP contribution >= 0.6 is 0 Å². The van der Waals surface area contributed by atoms with Crippen molar-refractivity contribution < 1.29 is 53.0 Å². The molecule has 0 amide bonds. The monoisotopic (exact) mass is 963 g/mol. The van der Waals surface area contributed by atoms with Gasteiger partial charge in [-0.25, -0.2) is 9.59 Å². The number of unbranched alkanes of at least 4 members (excludes halogenated alkanes) is 24. The van der Waals surface area contributed by atoms with Crippen LogP contribution in [-0.2, 0) is 42.7 Å². The van der Waals surface area contributed by atoms with Gasteiger partial charge in [-0.15, -0.1) is 0 Å². The maximum absolute atomic E-state index is 11.9. The van der Waals surface area contributed by atoms with E-state index in [0.717, 1.165) is 18.8 Å². The molecule has 11 nitrogen and oxygen atoms in total. The summed E-state index contributed by atoms with van der Waals surface area (Å²) in [6, 6.07) is 0. The van der Waals surface area contributed by atoms with E-state index in [-0.39, 0.29) is 19.2 Å². The lowest BCUT2D eigenvalue weighted by molar-refractivity contribution is -0.150. The van der Waals surface area contributed by atoms with Crippen molar-refractivity contribution in [1.29, 1.82) is 0 Å². The van der Waals surface area contributed by atoms with Crippen molar-refractivity contribution in [3.05, 3.63) is 0 Å². The van der Waals surface area contributed by atoms with E-state index >= 15 is 0 Å². The van der Waals surface area contributed by atoms with E-state index in [1.807, 2.05) is 0 Å². The van der Waals surface area contributed by atoms with Gasteiger partial charge in [0, 0.05) is 20.8 Å². The molecular formula is C56H114O11. The molecule has 0 spiro atoms. The first-order valence-electron chi connectivity index (χ1n) is 28.1. The van der Waals surface area contributed by atoms with Crippen LogP contribution in [0, 0.1) is 11.8 Å². The van der Waals surface area contributed by atoms with Gasteiger partial charge in [-0.3, -0.25) is 0 Å². The van der Waals surface area contributed by atoms with Gasteiger partial charge in [0.2, 0.25) is 0 Å². The number of rotatable bonds is 53. The summed E-state index contributed by atoms with van der Waals surface area (Å²) in [5, 5.41) is 17.4. The van der Waals surface area contributed by atoms with Gasteiger partial charge in [0.1, 0.15) is 13.2 Å². The molecule has 0 aliphatic carbocycles. The van der Waals surface area contributed by atoms with E-state index in [9.17, 15) is 14.7 Å². The van der Waals surface area contributed by atoms with E-state index in [0.29, 0.717) is 72.0 Å². The fourth-order valence-corrected chi connectivity index (χ4v) is 8.03. The minimum absolute atomic E-state index is 0.00770. The standard InChI is InChI=1S/C28H56O5.C21H44O.C7H14O5/c1-4-6-8-10-12-13-15-17-19-27(18-16-14-11-9-7-5-2)20-21-33-28(29)26-32-25-24-31-23-22-30-3;1-3-5-7-9-11-12-14-16-18-21(19-20-22)17-15-13-10-8-6-4-2;1-10-2-3-11-4-5-12-6-7(8)9/h27H,4-26H2,1-3H3;21-22H,3-20H2,1-2H3;2-6H2,1H3,(H,8,9). The number of aliphatic hydroxyl groups is 1. The number of ether oxygens (including phenoxy) is 7. The summed E-state index contributed by atoms with van der Waals surface area (Å²) in [6.07, 6.45) is 45.8. The van der Waals surface area contributed by atoms with Crippen molar-refractivity contribution in [1.82, 2.24) is 0 Å². The van der Waals surface area contributed by atoms with Crippen LogP contribution in [0.1, 0.15) is 246 Å². The quantitative estimate of drug-likeness (QED) is 0.0445. The molecule has 2 N–H and O–H groups in total. The number of hydrogen-bond acceptors (Lipinski definition) is 10. The van der Waals surface area contributed by atoms with E-state index in [2.05, 4.69) is 27.7 Å². The molecule has 0 aromatic heterocycles. The van der Waals surface area contributed by atoms with Crippen LogP contribution in [0.25, 0.3) is 0 Å². The van der Waals surface area contributed by atoms with Crippen molar-refractivity contribution in [2.45, 2.75) is 246 Å². The molecule has 0 fully saturated rings. The molecule has 0 rings (SSSR count). The topological polar surface area (TPSA) is 139 Å². The number of aliphatic carboxylic acids is 1. The normalized spacial score (nSPS) is 12.0. The molecule has 2 atom stereocenters. The molecule has 67 heavy (non-hydrogen) atoms. The number of carbonyl (C=O) groups excluding carboxylic acids is 1. The first-order valence-corrected chi connectivity index (χ1v) is 28.1. The molecular weight excluding hydrogens is 849 g/mol. The van der Waals surface area contributed by atoms with Crippen molar-refractivity contribution in [3.63, 3.8) is 0 Å². The molecule has 0 aliphatic heterocycles. The summed E-state index contributed by atoms with van der Waals surface area (Å²) >= 11 is 0. The highest BCUT2D eigenvalue weighted by Gasteiger charge is 2.12. The zero-order valence-corrected chi connectivity index (χ0v) is 45.3. The summed E-state index contributed by atoms with van der Waals surface area (Å²) in [6.45, 7) is 13.5. The lowest BCUT2D eigenvalue weighted by atomic mass is 9.91. The van der Waals surface area contributed by atoms with Crippen molar-refractivity contribution in [2.75, 3.05) is 93.5 Å². The second-order valence-corrected chi connectivity index (χ2v) is 18.6. The third kappa shape index (κ3) is 66.8. The number of carboxylic acids is 1. The maximum Gasteiger partial charge on any atom is 0.332 e. The van der Waals surface area contributed by atoms with Gasteiger partial charge in [0.25, 0.3) is 0 Å². The summed E-state index contributed by atoms with van der Waals surface area (Å²) in [7, 11) is 3.23. The molecule has 0 heterocycles. The lowest BCUT2D eigenvalue weighted by Crippen LogP contribution is -2.17. The first-order chi connectivity index (χ1) is 32.9. The van der Waals surface area contributed by atoms with Crippen LogP contribution in [0.4, 0.5) is 0 Å². The van der Waals surface area contributed by atoms with Crippen LogP contribution in [-0.4, -0.2) is 116 Å². The number of methoxy groups -OCH3 is 2. The van der Waals surface area contributed by atoms with Gasteiger partial charge in [0.05, 0.1) is 59.5 Å². The zero-order chi connectivity index (χ0) is 49.8. The van der Waals surface area contributed by atoms with Gasteiger partial charge in [-0.05, 0) is 24.7 Å². The molecule has 11 heteroatoms.